The minimum atomic E-state index is 0.242. The maximum Gasteiger partial charge on any atom is 0.0496 e. The van der Waals surface area contributed by atoms with Crippen molar-refractivity contribution < 1.29 is 5.11 Å². The molecule has 0 saturated carbocycles. The van der Waals surface area contributed by atoms with Gasteiger partial charge in [0, 0.05) is 12.5 Å². The maximum absolute atomic E-state index is 9.46. The molecule has 1 aliphatic carbocycles. The highest BCUT2D eigenvalue weighted by atomic mass is 16.3. The minimum absolute atomic E-state index is 0.242. The Morgan fingerprint density at radius 3 is 2.67 bits per heavy atom. The molecule has 0 saturated heterocycles. The molecule has 0 amide bonds. The molecule has 1 nitrogen and oxygen atoms in total. The van der Waals surface area contributed by atoms with Gasteiger partial charge in [0.1, 0.15) is 0 Å². The van der Waals surface area contributed by atoms with E-state index in [9.17, 15) is 5.11 Å². The predicted molar refractivity (Wildman–Crippen MR) is 65.7 cm³/mol. The molecular formula is C14H24O. The number of allylic oxidation sites excluding steroid dienone is 3. The molecule has 0 aromatic carbocycles. The quantitative estimate of drug-likeness (QED) is 0.700. The summed E-state index contributed by atoms with van der Waals surface area (Å²) in [5.41, 5.74) is 1.71. The van der Waals surface area contributed by atoms with Crippen LogP contribution in [0.2, 0.25) is 0 Å². The summed E-state index contributed by atoms with van der Waals surface area (Å²) in [5, 5.41) is 9.46. The molecule has 15 heavy (non-hydrogen) atoms. The SMILES string of the molecule is CC/C=C/C(CO)C1CC=C(C)C1(C)C. The highest BCUT2D eigenvalue weighted by Crippen LogP contribution is 2.46. The van der Waals surface area contributed by atoms with Gasteiger partial charge < -0.3 is 5.11 Å². The number of hydrogen-bond donors (Lipinski definition) is 1. The number of aliphatic hydroxyl groups is 1. The lowest BCUT2D eigenvalue weighted by Crippen LogP contribution is -2.28. The van der Waals surface area contributed by atoms with Crippen LogP contribution in [0, 0.1) is 17.3 Å². The van der Waals surface area contributed by atoms with Gasteiger partial charge in [-0.15, -0.1) is 0 Å². The van der Waals surface area contributed by atoms with Crippen LogP contribution in [-0.4, -0.2) is 11.7 Å². The summed E-state index contributed by atoms with van der Waals surface area (Å²) < 4.78 is 0. The Hall–Kier alpha value is -0.560. The first kappa shape index (κ1) is 12.5. The van der Waals surface area contributed by atoms with Crippen LogP contribution in [0.1, 0.15) is 40.5 Å². The van der Waals surface area contributed by atoms with E-state index in [2.05, 4.69) is 45.9 Å². The van der Waals surface area contributed by atoms with Gasteiger partial charge in [-0.25, -0.2) is 0 Å². The summed E-state index contributed by atoms with van der Waals surface area (Å²) >= 11 is 0. The Morgan fingerprint density at radius 1 is 1.60 bits per heavy atom. The molecular weight excluding hydrogens is 184 g/mol. The highest BCUT2D eigenvalue weighted by molar-refractivity contribution is 5.20. The largest absolute Gasteiger partial charge is 0.396 e. The van der Waals surface area contributed by atoms with Crippen molar-refractivity contribution in [2.24, 2.45) is 17.3 Å². The molecule has 1 rings (SSSR count). The Bertz CT molecular complexity index is 261. The molecule has 2 unspecified atom stereocenters. The zero-order valence-corrected chi connectivity index (χ0v) is 10.5. The Morgan fingerprint density at radius 2 is 2.27 bits per heavy atom. The van der Waals surface area contributed by atoms with E-state index in [-0.39, 0.29) is 12.0 Å². The average Bonchev–Trinajstić information content (AvgIpc) is 2.45. The monoisotopic (exact) mass is 208 g/mol. The Balaban J connectivity index is 2.76. The van der Waals surface area contributed by atoms with Crippen molar-refractivity contribution >= 4 is 0 Å². The highest BCUT2D eigenvalue weighted by Gasteiger charge is 2.38. The maximum atomic E-state index is 9.46. The third-order valence-corrected chi connectivity index (χ3v) is 3.97. The molecule has 0 spiro atoms. The van der Waals surface area contributed by atoms with Gasteiger partial charge in [0.05, 0.1) is 0 Å². The van der Waals surface area contributed by atoms with Gasteiger partial charge in [-0.3, -0.25) is 0 Å². The second-order valence-corrected chi connectivity index (χ2v) is 5.13. The van der Waals surface area contributed by atoms with Crippen molar-refractivity contribution in [3.8, 4) is 0 Å². The second kappa shape index (κ2) is 4.98. The van der Waals surface area contributed by atoms with E-state index in [4.69, 9.17) is 0 Å². The van der Waals surface area contributed by atoms with Gasteiger partial charge in [-0.2, -0.15) is 0 Å². The van der Waals surface area contributed by atoms with Gasteiger partial charge in [-0.1, -0.05) is 44.6 Å². The first-order chi connectivity index (χ1) is 7.04. The fourth-order valence-electron chi connectivity index (χ4n) is 2.50. The molecule has 0 aromatic heterocycles. The predicted octanol–water partition coefficient (Wildman–Crippen LogP) is 3.55. The van der Waals surface area contributed by atoms with E-state index in [0.29, 0.717) is 11.8 Å². The first-order valence-electron chi connectivity index (χ1n) is 5.98. The van der Waals surface area contributed by atoms with Gasteiger partial charge in [0.25, 0.3) is 0 Å². The summed E-state index contributed by atoms with van der Waals surface area (Å²) in [6.45, 7) is 9.19. The van der Waals surface area contributed by atoms with Crippen LogP contribution in [0.3, 0.4) is 0 Å². The van der Waals surface area contributed by atoms with Crippen LogP contribution >= 0.6 is 0 Å². The normalized spacial score (nSPS) is 27.0. The summed E-state index contributed by atoms with van der Waals surface area (Å²) in [5.74, 6) is 0.874. The van der Waals surface area contributed by atoms with Crippen LogP contribution in [-0.2, 0) is 0 Å². The van der Waals surface area contributed by atoms with Gasteiger partial charge in [-0.05, 0) is 31.1 Å². The molecule has 0 fully saturated rings. The molecule has 2 atom stereocenters. The van der Waals surface area contributed by atoms with Crippen LogP contribution < -0.4 is 0 Å². The molecule has 0 aromatic rings. The molecule has 0 bridgehead atoms. The fourth-order valence-corrected chi connectivity index (χ4v) is 2.50. The number of rotatable bonds is 4. The van der Waals surface area contributed by atoms with E-state index in [0.717, 1.165) is 12.8 Å². The van der Waals surface area contributed by atoms with Crippen LogP contribution in [0.25, 0.3) is 0 Å². The van der Waals surface area contributed by atoms with Gasteiger partial charge >= 0.3 is 0 Å². The first-order valence-corrected chi connectivity index (χ1v) is 5.98. The Kier molecular flexibility index (Phi) is 4.15. The molecule has 86 valence electrons. The minimum Gasteiger partial charge on any atom is -0.396 e. The summed E-state index contributed by atoms with van der Waals surface area (Å²) in [7, 11) is 0. The molecule has 1 heteroatoms. The molecule has 1 N–H and O–H groups in total. The van der Waals surface area contributed by atoms with Crippen molar-refractivity contribution in [1.29, 1.82) is 0 Å². The lowest BCUT2D eigenvalue weighted by molar-refractivity contribution is 0.151. The standard InChI is InChI=1S/C14H24O/c1-5-6-7-12(10-15)13-9-8-11(2)14(13,3)4/h6-8,12-13,15H,5,9-10H2,1-4H3/b7-6+. The topological polar surface area (TPSA) is 20.2 Å². The molecule has 0 radical (unpaired) electrons. The van der Waals surface area contributed by atoms with Crippen molar-refractivity contribution in [2.75, 3.05) is 6.61 Å². The van der Waals surface area contributed by atoms with E-state index in [1.807, 2.05) is 0 Å². The zero-order chi connectivity index (χ0) is 11.5. The van der Waals surface area contributed by atoms with Crippen LogP contribution in [0.15, 0.2) is 23.8 Å². The Labute approximate surface area is 93.9 Å². The third kappa shape index (κ3) is 2.52. The lowest BCUT2D eigenvalue weighted by Gasteiger charge is -2.33. The summed E-state index contributed by atoms with van der Waals surface area (Å²) in [4.78, 5) is 0. The van der Waals surface area contributed by atoms with Crippen molar-refractivity contribution in [3.63, 3.8) is 0 Å². The van der Waals surface area contributed by atoms with Gasteiger partial charge in [0.2, 0.25) is 0 Å². The second-order valence-electron chi connectivity index (χ2n) is 5.13. The molecule has 1 aliphatic rings. The van der Waals surface area contributed by atoms with Gasteiger partial charge in [0.15, 0.2) is 0 Å². The van der Waals surface area contributed by atoms with Crippen molar-refractivity contribution in [1.82, 2.24) is 0 Å². The smallest absolute Gasteiger partial charge is 0.0496 e. The molecule has 0 aliphatic heterocycles. The van der Waals surface area contributed by atoms with Crippen LogP contribution in [0.4, 0.5) is 0 Å². The fraction of sp³-hybridized carbons (Fsp3) is 0.714. The van der Waals surface area contributed by atoms with E-state index < -0.39 is 0 Å². The van der Waals surface area contributed by atoms with E-state index in [1.165, 1.54) is 5.57 Å². The van der Waals surface area contributed by atoms with Crippen molar-refractivity contribution in [2.45, 2.75) is 40.5 Å². The lowest BCUT2D eigenvalue weighted by atomic mass is 9.71. The van der Waals surface area contributed by atoms with E-state index >= 15 is 0 Å². The zero-order valence-electron chi connectivity index (χ0n) is 10.5. The average molecular weight is 208 g/mol. The summed E-state index contributed by atoms with van der Waals surface area (Å²) in [6, 6.07) is 0. The number of aliphatic hydroxyl groups excluding tert-OH is 1. The van der Waals surface area contributed by atoms with Crippen LogP contribution in [0.5, 0.6) is 0 Å². The number of hydrogen-bond acceptors (Lipinski definition) is 1. The third-order valence-electron chi connectivity index (χ3n) is 3.97. The van der Waals surface area contributed by atoms with E-state index in [1.54, 1.807) is 0 Å². The van der Waals surface area contributed by atoms with Crippen molar-refractivity contribution in [3.05, 3.63) is 23.8 Å². The molecule has 0 heterocycles. The summed E-state index contributed by atoms with van der Waals surface area (Å²) in [6.07, 6.45) is 8.85.